The Hall–Kier alpha value is -4.56. The summed E-state index contributed by atoms with van der Waals surface area (Å²) in [6.07, 6.45) is 1.26. The Bertz CT molecular complexity index is 1370. The summed E-state index contributed by atoms with van der Waals surface area (Å²) in [5.74, 6) is -0.116. The number of anilines is 2. The van der Waals surface area contributed by atoms with Crippen molar-refractivity contribution < 1.29 is 4.39 Å². The van der Waals surface area contributed by atoms with E-state index in [0.717, 1.165) is 5.56 Å². The highest BCUT2D eigenvalue weighted by molar-refractivity contribution is 5.93. The predicted octanol–water partition coefficient (Wildman–Crippen LogP) is 4.33. The van der Waals surface area contributed by atoms with Gasteiger partial charge in [0.1, 0.15) is 41.5 Å². The Morgan fingerprint density at radius 1 is 1.03 bits per heavy atom. The second kappa shape index (κ2) is 8.05. The molecule has 0 aliphatic rings. The molecule has 3 N–H and O–H groups in total. The van der Waals surface area contributed by atoms with E-state index in [1.54, 1.807) is 6.07 Å². The standard InChI is InChI=1S/C23H16FN7/c1-13(30-23-18(11-26)22(27)28-12-29-23)21-20(14-5-3-2-4-6-14)17(10-25)16-9-15(24)7-8-19(16)31-21/h2-9,12-13H,1H3,(H3,27,28,29,30)/t13-/m1/s1. The number of aromatic nitrogens is 3. The molecule has 0 unspecified atom stereocenters. The fraction of sp³-hybridized carbons (Fsp3) is 0.0870. The number of fused-ring (bicyclic) bond motifs is 1. The number of nitrogens with two attached hydrogens (primary N) is 1. The summed E-state index contributed by atoms with van der Waals surface area (Å²) >= 11 is 0. The third-order valence-corrected chi connectivity index (χ3v) is 4.90. The fourth-order valence-electron chi connectivity index (χ4n) is 3.47. The zero-order chi connectivity index (χ0) is 22.0. The second-order valence-corrected chi connectivity index (χ2v) is 6.85. The molecule has 4 aromatic rings. The molecule has 0 aliphatic heterocycles. The number of nitrogens with zero attached hydrogens (tertiary/aromatic N) is 5. The SMILES string of the molecule is C[C@@H](Nc1ncnc(N)c1C#N)c1nc2ccc(F)cc2c(C#N)c1-c1ccccc1. The lowest BCUT2D eigenvalue weighted by molar-refractivity contribution is 0.629. The Balaban J connectivity index is 1.95. The molecule has 2 aromatic carbocycles. The van der Waals surface area contributed by atoms with E-state index in [2.05, 4.69) is 21.4 Å². The zero-order valence-corrected chi connectivity index (χ0v) is 16.5. The van der Waals surface area contributed by atoms with Crippen molar-refractivity contribution in [1.82, 2.24) is 15.0 Å². The van der Waals surface area contributed by atoms with Gasteiger partial charge in [-0.25, -0.2) is 19.3 Å². The number of halogens is 1. The minimum absolute atomic E-state index is 0.0649. The molecule has 0 aliphatic carbocycles. The first-order valence-corrected chi connectivity index (χ1v) is 9.39. The lowest BCUT2D eigenvalue weighted by Crippen LogP contribution is -2.14. The van der Waals surface area contributed by atoms with Gasteiger partial charge in [0.05, 0.1) is 22.8 Å². The van der Waals surface area contributed by atoms with Gasteiger partial charge >= 0.3 is 0 Å². The topological polar surface area (TPSA) is 124 Å². The molecule has 0 bridgehead atoms. The number of hydrogen-bond acceptors (Lipinski definition) is 7. The summed E-state index contributed by atoms with van der Waals surface area (Å²) in [5.41, 5.74) is 8.64. The average Bonchev–Trinajstić information content (AvgIpc) is 2.78. The maximum Gasteiger partial charge on any atom is 0.150 e. The van der Waals surface area contributed by atoms with E-state index in [1.807, 2.05) is 43.3 Å². The monoisotopic (exact) mass is 409 g/mol. The molecule has 0 radical (unpaired) electrons. The summed E-state index contributed by atoms with van der Waals surface area (Å²) in [4.78, 5) is 12.7. The van der Waals surface area contributed by atoms with E-state index in [1.165, 1.54) is 18.5 Å². The first-order chi connectivity index (χ1) is 15.0. The van der Waals surface area contributed by atoms with Crippen LogP contribution in [0.4, 0.5) is 16.0 Å². The molecule has 0 saturated carbocycles. The van der Waals surface area contributed by atoms with E-state index in [0.29, 0.717) is 27.7 Å². The van der Waals surface area contributed by atoms with Crippen molar-refractivity contribution in [2.75, 3.05) is 11.1 Å². The lowest BCUT2D eigenvalue weighted by atomic mass is 9.92. The van der Waals surface area contributed by atoms with Crippen LogP contribution < -0.4 is 11.1 Å². The molecular formula is C23H16FN7. The number of nitriles is 2. The summed E-state index contributed by atoms with van der Waals surface area (Å²) in [5, 5.41) is 23.0. The number of pyridine rings is 1. The first-order valence-electron chi connectivity index (χ1n) is 9.39. The van der Waals surface area contributed by atoms with E-state index < -0.39 is 11.9 Å². The van der Waals surface area contributed by atoms with Crippen LogP contribution in [0.3, 0.4) is 0 Å². The molecule has 7 nitrogen and oxygen atoms in total. The molecule has 2 heterocycles. The highest BCUT2D eigenvalue weighted by Crippen LogP contribution is 2.36. The van der Waals surface area contributed by atoms with Gasteiger partial charge in [0.15, 0.2) is 0 Å². The Kier molecular flexibility index (Phi) is 5.13. The number of rotatable bonds is 4. The van der Waals surface area contributed by atoms with Crippen molar-refractivity contribution in [3.8, 4) is 23.3 Å². The van der Waals surface area contributed by atoms with Crippen LogP contribution in [0.1, 0.15) is 29.8 Å². The molecule has 31 heavy (non-hydrogen) atoms. The number of nitrogen functional groups attached to an aromatic ring is 1. The molecule has 0 amide bonds. The maximum absolute atomic E-state index is 13.9. The molecular weight excluding hydrogens is 393 g/mol. The molecule has 1 atom stereocenters. The molecule has 8 heteroatoms. The fourth-order valence-corrected chi connectivity index (χ4v) is 3.47. The normalized spacial score (nSPS) is 11.5. The van der Waals surface area contributed by atoms with Crippen molar-refractivity contribution in [3.05, 3.63) is 77.5 Å². The van der Waals surface area contributed by atoms with Gasteiger partial charge in [-0.1, -0.05) is 30.3 Å². The van der Waals surface area contributed by atoms with Crippen molar-refractivity contribution in [1.29, 1.82) is 10.5 Å². The molecule has 0 fully saturated rings. The van der Waals surface area contributed by atoms with Crippen LogP contribution in [0, 0.1) is 28.5 Å². The van der Waals surface area contributed by atoms with Crippen molar-refractivity contribution in [2.45, 2.75) is 13.0 Å². The van der Waals surface area contributed by atoms with Crippen LogP contribution in [-0.2, 0) is 0 Å². The van der Waals surface area contributed by atoms with E-state index in [-0.39, 0.29) is 17.2 Å². The average molecular weight is 409 g/mol. The van der Waals surface area contributed by atoms with Gasteiger partial charge in [-0.15, -0.1) is 0 Å². The van der Waals surface area contributed by atoms with E-state index in [9.17, 15) is 14.9 Å². The van der Waals surface area contributed by atoms with Crippen molar-refractivity contribution >= 4 is 22.5 Å². The van der Waals surface area contributed by atoms with Crippen LogP contribution in [-0.4, -0.2) is 15.0 Å². The molecule has 150 valence electrons. The van der Waals surface area contributed by atoms with Crippen LogP contribution in [0.25, 0.3) is 22.0 Å². The quantitative estimate of drug-likeness (QED) is 0.514. The highest BCUT2D eigenvalue weighted by Gasteiger charge is 2.22. The summed E-state index contributed by atoms with van der Waals surface area (Å²) in [6, 6.07) is 17.2. The van der Waals surface area contributed by atoms with Crippen LogP contribution in [0.2, 0.25) is 0 Å². The van der Waals surface area contributed by atoms with Gasteiger partial charge in [0.25, 0.3) is 0 Å². The Morgan fingerprint density at radius 3 is 2.48 bits per heavy atom. The number of hydrogen-bond donors (Lipinski definition) is 2. The van der Waals surface area contributed by atoms with Crippen molar-refractivity contribution in [2.24, 2.45) is 0 Å². The third-order valence-electron chi connectivity index (χ3n) is 4.90. The Morgan fingerprint density at radius 2 is 1.77 bits per heavy atom. The highest BCUT2D eigenvalue weighted by atomic mass is 19.1. The number of nitrogens with one attached hydrogen (secondary N) is 1. The second-order valence-electron chi connectivity index (χ2n) is 6.85. The van der Waals surface area contributed by atoms with Gasteiger partial charge in [-0.3, -0.25) is 0 Å². The molecule has 4 rings (SSSR count). The van der Waals surface area contributed by atoms with Crippen molar-refractivity contribution in [3.63, 3.8) is 0 Å². The minimum atomic E-state index is -0.460. The van der Waals surface area contributed by atoms with E-state index in [4.69, 9.17) is 10.7 Å². The first kappa shape index (κ1) is 19.7. The maximum atomic E-state index is 13.9. The zero-order valence-electron chi connectivity index (χ0n) is 16.5. The third kappa shape index (κ3) is 3.59. The summed E-state index contributed by atoms with van der Waals surface area (Å²) < 4.78 is 13.9. The summed E-state index contributed by atoms with van der Waals surface area (Å²) in [6.45, 7) is 1.84. The van der Waals surface area contributed by atoms with Gasteiger partial charge in [-0.05, 0) is 30.7 Å². The number of benzene rings is 2. The van der Waals surface area contributed by atoms with Gasteiger partial charge < -0.3 is 11.1 Å². The Labute approximate surface area is 177 Å². The summed E-state index contributed by atoms with van der Waals surface area (Å²) in [7, 11) is 0. The van der Waals surface area contributed by atoms with Crippen LogP contribution >= 0.6 is 0 Å². The lowest BCUT2D eigenvalue weighted by Gasteiger charge is -2.20. The van der Waals surface area contributed by atoms with Gasteiger partial charge in [-0.2, -0.15) is 10.5 Å². The molecule has 2 aromatic heterocycles. The van der Waals surface area contributed by atoms with E-state index >= 15 is 0 Å². The molecule has 0 spiro atoms. The predicted molar refractivity (Wildman–Crippen MR) is 115 cm³/mol. The molecule has 0 saturated heterocycles. The minimum Gasteiger partial charge on any atom is -0.382 e. The van der Waals surface area contributed by atoms with Crippen LogP contribution in [0.15, 0.2) is 54.9 Å². The largest absolute Gasteiger partial charge is 0.382 e. The van der Waals surface area contributed by atoms with Crippen LogP contribution in [0.5, 0.6) is 0 Å². The van der Waals surface area contributed by atoms with Gasteiger partial charge in [0.2, 0.25) is 0 Å². The smallest absolute Gasteiger partial charge is 0.150 e. The van der Waals surface area contributed by atoms with Gasteiger partial charge in [0, 0.05) is 10.9 Å².